The Morgan fingerprint density at radius 2 is 2.00 bits per heavy atom. The molecule has 1 saturated heterocycles. The monoisotopic (exact) mass is 414 g/mol. The predicted molar refractivity (Wildman–Crippen MR) is 112 cm³/mol. The summed E-state index contributed by atoms with van der Waals surface area (Å²) in [6, 6.07) is 11.6. The molecule has 28 heavy (non-hydrogen) atoms. The number of nitrogens with one attached hydrogen (secondary N) is 1. The third kappa shape index (κ3) is 4.30. The number of rotatable bonds is 5. The lowest BCUT2D eigenvalue weighted by Gasteiger charge is -2.28. The first kappa shape index (κ1) is 19.2. The maximum atomic E-state index is 12.7. The molecule has 1 unspecified atom stereocenters. The summed E-state index contributed by atoms with van der Waals surface area (Å²) in [6.45, 7) is 1.95. The molecule has 0 aliphatic carbocycles. The number of thiophene rings is 1. The molecule has 0 saturated carbocycles. The number of nitrogens with two attached hydrogens (primary N) is 1. The fourth-order valence-electron chi connectivity index (χ4n) is 3.18. The van der Waals surface area contributed by atoms with Crippen LogP contribution in [0, 0.1) is 0 Å². The molecule has 1 atom stereocenters. The van der Waals surface area contributed by atoms with Gasteiger partial charge in [-0.05, 0) is 48.1 Å². The van der Waals surface area contributed by atoms with Crippen LogP contribution in [-0.4, -0.2) is 38.5 Å². The van der Waals surface area contributed by atoms with E-state index >= 15 is 0 Å². The number of carbonyl (C=O) groups is 1. The molecule has 0 spiro atoms. The van der Waals surface area contributed by atoms with Crippen LogP contribution in [0.25, 0.3) is 10.1 Å². The Balaban J connectivity index is 1.35. The zero-order valence-electron chi connectivity index (χ0n) is 15.3. The Hall–Kier alpha value is -2.13. The molecule has 2 aromatic heterocycles. The van der Waals surface area contributed by atoms with Crippen molar-refractivity contribution in [3.63, 3.8) is 0 Å². The Bertz CT molecular complexity index is 962. The van der Waals surface area contributed by atoms with Crippen molar-refractivity contribution in [2.75, 3.05) is 13.1 Å². The van der Waals surface area contributed by atoms with Gasteiger partial charge in [0.05, 0.1) is 14.5 Å². The van der Waals surface area contributed by atoms with Gasteiger partial charge >= 0.3 is 0 Å². The van der Waals surface area contributed by atoms with E-state index in [-0.39, 0.29) is 11.9 Å². The van der Waals surface area contributed by atoms with Gasteiger partial charge in [-0.2, -0.15) is 0 Å². The average molecular weight is 415 g/mol. The highest BCUT2D eigenvalue weighted by Gasteiger charge is 2.21. The second kappa shape index (κ2) is 8.48. The molecular formula is C20H22N4O2S2. The van der Waals surface area contributed by atoms with Gasteiger partial charge in [0.2, 0.25) is 0 Å². The minimum Gasteiger partial charge on any atom is -0.347 e. The Morgan fingerprint density at radius 3 is 2.71 bits per heavy atom. The van der Waals surface area contributed by atoms with Crippen molar-refractivity contribution < 1.29 is 9.00 Å². The van der Waals surface area contributed by atoms with Gasteiger partial charge in [0.1, 0.15) is 11.0 Å². The number of carbonyl (C=O) groups excluding carboxylic acids is 1. The van der Waals surface area contributed by atoms with E-state index in [2.05, 4.69) is 10.3 Å². The quantitative estimate of drug-likeness (QED) is 0.672. The molecule has 4 rings (SSSR count). The molecule has 3 aromatic rings. The predicted octanol–water partition coefficient (Wildman–Crippen LogP) is 2.67. The summed E-state index contributed by atoms with van der Waals surface area (Å²) in [5.41, 5.74) is 6.88. The van der Waals surface area contributed by atoms with Crippen LogP contribution in [-0.2, 0) is 17.5 Å². The number of amides is 1. The second-order valence-electron chi connectivity index (χ2n) is 6.87. The highest BCUT2D eigenvalue weighted by Crippen LogP contribution is 2.24. The Morgan fingerprint density at radius 1 is 1.25 bits per heavy atom. The number of pyridine rings is 1. The molecule has 0 bridgehead atoms. The Labute approximate surface area is 170 Å². The third-order valence-electron chi connectivity index (χ3n) is 4.86. The number of piperidine rings is 1. The van der Waals surface area contributed by atoms with E-state index in [4.69, 9.17) is 5.73 Å². The molecule has 1 aromatic carbocycles. The van der Waals surface area contributed by atoms with Gasteiger partial charge in [0.15, 0.2) is 0 Å². The standard InChI is InChI=1S/C20H22N4O2S2/c21-16-6-9-24(10-7-16)28(26)17-3-1-14(2-4-17)12-23-20(25)18-11-15-5-8-22-13-19(15)27-18/h1-5,8,11,13,16H,6-7,9-10,12,21H2,(H,23,25). The lowest BCUT2D eigenvalue weighted by molar-refractivity contribution is 0.0955. The molecular weight excluding hydrogens is 392 g/mol. The van der Waals surface area contributed by atoms with Gasteiger partial charge in [-0.1, -0.05) is 12.1 Å². The van der Waals surface area contributed by atoms with Crippen LogP contribution in [0.1, 0.15) is 28.1 Å². The lowest BCUT2D eigenvalue weighted by atomic mass is 10.1. The van der Waals surface area contributed by atoms with E-state index in [1.54, 1.807) is 12.4 Å². The maximum Gasteiger partial charge on any atom is 0.261 e. The van der Waals surface area contributed by atoms with Crippen molar-refractivity contribution >= 4 is 38.3 Å². The zero-order valence-corrected chi connectivity index (χ0v) is 17.0. The average Bonchev–Trinajstić information content (AvgIpc) is 3.17. The number of aromatic nitrogens is 1. The summed E-state index contributed by atoms with van der Waals surface area (Å²) in [5, 5.41) is 3.97. The Kier molecular flexibility index (Phi) is 5.82. The van der Waals surface area contributed by atoms with E-state index < -0.39 is 11.0 Å². The topological polar surface area (TPSA) is 88.3 Å². The van der Waals surface area contributed by atoms with Crippen LogP contribution in [0.3, 0.4) is 0 Å². The first-order valence-electron chi connectivity index (χ1n) is 9.23. The zero-order chi connectivity index (χ0) is 19.5. The normalized spacial score (nSPS) is 16.9. The number of hydrogen-bond acceptors (Lipinski definition) is 5. The fraction of sp³-hybridized carbons (Fsp3) is 0.300. The van der Waals surface area contributed by atoms with Crippen molar-refractivity contribution in [3.05, 3.63) is 59.2 Å². The third-order valence-corrected chi connectivity index (χ3v) is 7.45. The molecule has 146 valence electrons. The minimum atomic E-state index is -1.16. The van der Waals surface area contributed by atoms with Crippen LogP contribution in [0.15, 0.2) is 53.7 Å². The van der Waals surface area contributed by atoms with E-state index in [1.807, 2.05) is 40.7 Å². The number of nitrogens with zero attached hydrogens (tertiary/aromatic N) is 2. The molecule has 0 radical (unpaired) electrons. The van der Waals surface area contributed by atoms with Crippen molar-refractivity contribution in [2.45, 2.75) is 30.3 Å². The fourth-order valence-corrected chi connectivity index (χ4v) is 5.34. The van der Waals surface area contributed by atoms with Crippen molar-refractivity contribution in [1.82, 2.24) is 14.6 Å². The number of hydrogen-bond donors (Lipinski definition) is 2. The molecule has 3 heterocycles. The molecule has 1 aliphatic rings. The maximum absolute atomic E-state index is 12.7. The first-order valence-corrected chi connectivity index (χ1v) is 11.2. The van der Waals surface area contributed by atoms with Crippen LogP contribution < -0.4 is 11.1 Å². The second-order valence-corrected chi connectivity index (χ2v) is 9.44. The van der Waals surface area contributed by atoms with Crippen molar-refractivity contribution in [1.29, 1.82) is 0 Å². The van der Waals surface area contributed by atoms with Crippen LogP contribution in [0.2, 0.25) is 0 Å². The van der Waals surface area contributed by atoms with E-state index in [9.17, 15) is 9.00 Å². The van der Waals surface area contributed by atoms with Gasteiger partial charge in [-0.3, -0.25) is 9.78 Å². The molecule has 3 N–H and O–H groups in total. The lowest BCUT2D eigenvalue weighted by Crippen LogP contribution is -2.40. The van der Waals surface area contributed by atoms with E-state index in [0.29, 0.717) is 11.4 Å². The highest BCUT2D eigenvalue weighted by atomic mass is 32.2. The van der Waals surface area contributed by atoms with Gasteiger partial charge in [-0.25, -0.2) is 8.51 Å². The van der Waals surface area contributed by atoms with Gasteiger partial charge in [0, 0.05) is 38.1 Å². The smallest absolute Gasteiger partial charge is 0.261 e. The molecule has 1 aliphatic heterocycles. The van der Waals surface area contributed by atoms with Gasteiger partial charge in [0.25, 0.3) is 5.91 Å². The minimum absolute atomic E-state index is 0.0986. The molecule has 1 amide bonds. The molecule has 8 heteroatoms. The summed E-state index contributed by atoms with van der Waals surface area (Å²) < 4.78 is 15.6. The van der Waals surface area contributed by atoms with E-state index in [0.717, 1.165) is 46.5 Å². The van der Waals surface area contributed by atoms with Crippen LogP contribution in [0.5, 0.6) is 0 Å². The van der Waals surface area contributed by atoms with Crippen LogP contribution >= 0.6 is 11.3 Å². The highest BCUT2D eigenvalue weighted by molar-refractivity contribution is 7.82. The summed E-state index contributed by atoms with van der Waals surface area (Å²) in [7, 11) is -1.16. The van der Waals surface area contributed by atoms with E-state index in [1.165, 1.54) is 11.3 Å². The summed E-state index contributed by atoms with van der Waals surface area (Å²) in [5.74, 6) is -0.0986. The molecule has 1 fully saturated rings. The molecule has 6 nitrogen and oxygen atoms in total. The SMILES string of the molecule is NC1CCN(S(=O)c2ccc(CNC(=O)c3cc4ccncc4s3)cc2)CC1. The van der Waals surface area contributed by atoms with Gasteiger partial charge < -0.3 is 11.1 Å². The van der Waals surface area contributed by atoms with Gasteiger partial charge in [-0.15, -0.1) is 11.3 Å². The van der Waals surface area contributed by atoms with Crippen LogP contribution in [0.4, 0.5) is 0 Å². The largest absolute Gasteiger partial charge is 0.347 e. The summed E-state index contributed by atoms with van der Waals surface area (Å²) in [4.78, 5) is 17.9. The summed E-state index contributed by atoms with van der Waals surface area (Å²) >= 11 is 1.43. The van der Waals surface area contributed by atoms with Crippen molar-refractivity contribution in [2.24, 2.45) is 5.73 Å². The number of benzene rings is 1. The first-order chi connectivity index (χ1) is 13.6. The number of fused-ring (bicyclic) bond motifs is 1. The van der Waals surface area contributed by atoms with Crippen molar-refractivity contribution in [3.8, 4) is 0 Å². The summed E-state index contributed by atoms with van der Waals surface area (Å²) in [6.07, 6.45) is 5.25.